The molecule has 0 saturated carbocycles. The zero-order valence-corrected chi connectivity index (χ0v) is 56.3. The maximum Gasteiger partial charge on any atom is 0.252 e. The van der Waals surface area contributed by atoms with E-state index in [9.17, 15) is 2.74 Å². The number of aromatic nitrogens is 2. The Morgan fingerprint density at radius 2 is 0.609 bits per heavy atom. The molecule has 0 fully saturated rings. The van der Waals surface area contributed by atoms with Gasteiger partial charge >= 0.3 is 0 Å². The van der Waals surface area contributed by atoms with E-state index in [4.69, 9.17) is 0 Å². The SMILES string of the molecule is [2H]C([2H])(c1cc2c3c(c1)N(c1ccc(-c4ccccc4)cc1)c1cc(-n4c5ccc(C(C)(C)C)cc5c5cc(C(C)(C)C)ccc54)ccc1B3c1ccc(-n3c4ccc(C(C)(C)C)cc4c4cc(C(C)(C)C)ccc43)cc1N2c1ccc(-c2ccccc2)cc1)C(C)(C)C. The highest BCUT2D eigenvalue weighted by atomic mass is 15.2. The van der Waals surface area contributed by atoms with Crippen molar-refractivity contribution in [2.75, 3.05) is 9.80 Å². The molecule has 2 aromatic heterocycles. The van der Waals surface area contributed by atoms with Crippen molar-refractivity contribution in [3.05, 3.63) is 258 Å². The summed E-state index contributed by atoms with van der Waals surface area (Å²) in [5, 5.41) is 4.96. The minimum absolute atomic E-state index is 0.0472. The van der Waals surface area contributed by atoms with Crippen LogP contribution in [0.25, 0.3) is 77.2 Å². The number of hydrogen-bond acceptors (Lipinski definition) is 2. The molecule has 0 unspecified atom stereocenters. The van der Waals surface area contributed by atoms with Gasteiger partial charge < -0.3 is 18.9 Å². The highest BCUT2D eigenvalue weighted by Crippen LogP contribution is 2.49. The molecule has 456 valence electrons. The lowest BCUT2D eigenvalue weighted by atomic mass is 9.33. The van der Waals surface area contributed by atoms with Gasteiger partial charge in [-0.15, -0.1) is 0 Å². The molecule has 2 aliphatic heterocycles. The predicted molar refractivity (Wildman–Crippen MR) is 398 cm³/mol. The monoisotopic (exact) mass is 1200 g/mol. The van der Waals surface area contributed by atoms with Gasteiger partial charge in [-0.1, -0.05) is 225 Å². The summed E-state index contributed by atoms with van der Waals surface area (Å²) in [5.41, 5.74) is 25.7. The predicted octanol–water partition coefficient (Wildman–Crippen LogP) is 22.1. The van der Waals surface area contributed by atoms with Crippen LogP contribution < -0.4 is 26.2 Å². The maximum absolute atomic E-state index is 10.4. The molecule has 0 atom stereocenters. The van der Waals surface area contributed by atoms with E-state index in [2.05, 4.69) is 333 Å². The molecule has 0 radical (unpaired) electrons. The van der Waals surface area contributed by atoms with Crippen LogP contribution in [-0.2, 0) is 28.0 Å². The van der Waals surface area contributed by atoms with Gasteiger partial charge in [0.2, 0.25) is 0 Å². The molecule has 0 N–H and O–H groups in total. The second kappa shape index (κ2) is 21.1. The summed E-state index contributed by atoms with van der Waals surface area (Å²) in [6.07, 6.45) is -1.77. The van der Waals surface area contributed by atoms with Crippen molar-refractivity contribution in [2.24, 2.45) is 5.41 Å². The molecule has 4 heterocycles. The lowest BCUT2D eigenvalue weighted by Gasteiger charge is -2.45. The second-order valence-electron chi connectivity index (χ2n) is 31.3. The minimum Gasteiger partial charge on any atom is -0.311 e. The molecule has 0 aliphatic carbocycles. The fourth-order valence-electron chi connectivity index (χ4n) is 14.6. The molecule has 15 rings (SSSR count). The summed E-state index contributed by atoms with van der Waals surface area (Å²) < 4.78 is 25.7. The first-order valence-corrected chi connectivity index (χ1v) is 33.1. The summed E-state index contributed by atoms with van der Waals surface area (Å²) in [6.45, 7) is 33.5. The molecule has 0 saturated heterocycles. The normalized spacial score (nSPS) is 14.1. The maximum atomic E-state index is 10.4. The van der Waals surface area contributed by atoms with Crippen molar-refractivity contribution >= 4 is 101 Å². The zero-order valence-electron chi connectivity index (χ0n) is 58.3. The molecular weight excluding hydrogens is 1110 g/mol. The number of anilines is 6. The van der Waals surface area contributed by atoms with Crippen LogP contribution in [0.1, 0.15) is 134 Å². The van der Waals surface area contributed by atoms with Gasteiger partial charge in [-0.2, -0.15) is 0 Å². The van der Waals surface area contributed by atoms with Gasteiger partial charge in [0, 0.05) is 69.8 Å². The number of nitrogens with zero attached hydrogens (tertiary/aromatic N) is 4. The zero-order chi connectivity index (χ0) is 65.9. The second-order valence-corrected chi connectivity index (χ2v) is 31.3. The third-order valence-corrected chi connectivity index (χ3v) is 19.5. The topological polar surface area (TPSA) is 16.3 Å². The van der Waals surface area contributed by atoms with Crippen LogP contribution in [0.15, 0.2) is 231 Å². The molecule has 13 aromatic rings. The first-order valence-electron chi connectivity index (χ1n) is 34.1. The van der Waals surface area contributed by atoms with Crippen LogP contribution >= 0.6 is 0 Å². The molecule has 92 heavy (non-hydrogen) atoms. The smallest absolute Gasteiger partial charge is 0.252 e. The van der Waals surface area contributed by atoms with Crippen molar-refractivity contribution < 1.29 is 2.74 Å². The average Bonchev–Trinajstić information content (AvgIpc) is 0.742. The Morgan fingerprint density at radius 3 is 0.913 bits per heavy atom. The first-order chi connectivity index (χ1) is 44.5. The molecular formula is C87H85BN4. The summed E-state index contributed by atoms with van der Waals surface area (Å²) in [7, 11) is 0. The summed E-state index contributed by atoms with van der Waals surface area (Å²) in [4.78, 5) is 4.92. The van der Waals surface area contributed by atoms with Crippen LogP contribution in [0.5, 0.6) is 0 Å². The fraction of sp³-hybridized carbons (Fsp3) is 0.241. The van der Waals surface area contributed by atoms with E-state index in [1.165, 1.54) is 54.7 Å². The van der Waals surface area contributed by atoms with Crippen molar-refractivity contribution in [3.63, 3.8) is 0 Å². The Labute approximate surface area is 548 Å². The van der Waals surface area contributed by atoms with Crippen LogP contribution in [0.2, 0.25) is 0 Å². The van der Waals surface area contributed by atoms with Gasteiger partial charge in [-0.25, -0.2) is 0 Å². The summed E-state index contributed by atoms with van der Waals surface area (Å²) in [5.74, 6) is 0. The van der Waals surface area contributed by atoms with Crippen molar-refractivity contribution in [3.8, 4) is 33.6 Å². The molecule has 11 aromatic carbocycles. The van der Waals surface area contributed by atoms with Crippen LogP contribution in [0, 0.1) is 5.41 Å². The van der Waals surface area contributed by atoms with Crippen LogP contribution in [0.4, 0.5) is 34.1 Å². The van der Waals surface area contributed by atoms with Crippen LogP contribution in [0.3, 0.4) is 0 Å². The van der Waals surface area contributed by atoms with Crippen molar-refractivity contribution in [1.29, 1.82) is 0 Å². The lowest BCUT2D eigenvalue weighted by molar-refractivity contribution is 0.411. The third kappa shape index (κ3) is 10.1. The summed E-state index contributed by atoms with van der Waals surface area (Å²) >= 11 is 0. The van der Waals surface area contributed by atoms with Crippen molar-refractivity contribution in [1.82, 2.24) is 9.13 Å². The Hall–Kier alpha value is -9.32. The Kier molecular flexibility index (Phi) is 13.0. The first kappa shape index (κ1) is 56.7. The fourth-order valence-corrected chi connectivity index (χ4v) is 14.6. The highest BCUT2D eigenvalue weighted by molar-refractivity contribution is 7.00. The Morgan fingerprint density at radius 1 is 0.304 bits per heavy atom. The highest BCUT2D eigenvalue weighted by Gasteiger charge is 2.44. The molecule has 0 spiro atoms. The van der Waals surface area contributed by atoms with Gasteiger partial charge in [0.25, 0.3) is 6.71 Å². The Balaban J connectivity index is 1.04. The van der Waals surface area contributed by atoms with Gasteiger partial charge in [0.15, 0.2) is 0 Å². The number of fused-ring (bicyclic) bond motifs is 10. The molecule has 2 aliphatic rings. The van der Waals surface area contributed by atoms with Gasteiger partial charge in [0.05, 0.1) is 22.1 Å². The minimum atomic E-state index is -1.77. The third-order valence-electron chi connectivity index (χ3n) is 19.5. The number of rotatable bonds is 7. The lowest BCUT2D eigenvalue weighted by Crippen LogP contribution is -2.61. The molecule has 5 heteroatoms. The van der Waals surface area contributed by atoms with E-state index < -0.39 is 11.8 Å². The summed E-state index contributed by atoms with van der Waals surface area (Å²) in [6, 6.07) is 86.5. The standard InChI is InChI=1S/C87H85BN4/c1-83(2,3)54-55-46-80-82-81(47-55)90(65-36-28-59(29-37-65)57-24-20-17-21-25-57)79-53-67(92-76-44-32-62(86(10,11)12)50-70(76)71-51-63(87(13,14)15)33-45-77(71)92)39-41-73(79)88(82)72-40-38-66(52-78(72)89(80)64-34-26-58(27-35-64)56-22-18-16-19-23-56)91-74-42-30-60(84(4,5)6)48-68(74)69-49-61(85(7,8)9)31-43-75(69)91/h16-53H,54H2,1-15H3/i54D2. The van der Waals surface area contributed by atoms with Crippen LogP contribution in [-0.4, -0.2) is 15.8 Å². The van der Waals surface area contributed by atoms with E-state index in [1.807, 2.05) is 20.8 Å². The van der Waals surface area contributed by atoms with E-state index in [0.29, 0.717) is 5.56 Å². The van der Waals surface area contributed by atoms with Gasteiger partial charge in [0.1, 0.15) is 0 Å². The number of hydrogen-bond donors (Lipinski definition) is 0. The van der Waals surface area contributed by atoms with Crippen molar-refractivity contribution in [2.45, 2.75) is 132 Å². The van der Waals surface area contributed by atoms with Gasteiger partial charge in [-0.05, 0) is 209 Å². The molecule has 0 bridgehead atoms. The largest absolute Gasteiger partial charge is 0.311 e. The van der Waals surface area contributed by atoms with E-state index in [-0.39, 0.29) is 28.4 Å². The quantitative estimate of drug-likeness (QED) is 0.148. The Bertz CT molecular complexity index is 4720. The van der Waals surface area contributed by atoms with E-state index in [1.54, 1.807) is 0 Å². The van der Waals surface area contributed by atoms with E-state index in [0.717, 1.165) is 95.3 Å². The molecule has 0 amide bonds. The van der Waals surface area contributed by atoms with E-state index >= 15 is 0 Å². The average molecular weight is 1200 g/mol. The number of benzene rings is 11. The molecule has 4 nitrogen and oxygen atoms in total. The van der Waals surface area contributed by atoms with Gasteiger partial charge in [-0.3, -0.25) is 0 Å².